The minimum atomic E-state index is -4.34. The van der Waals surface area contributed by atoms with E-state index >= 15 is 0 Å². The molecule has 130 valence electrons. The lowest BCUT2D eigenvalue weighted by Gasteiger charge is -2.18. The number of benzene rings is 1. The zero-order chi connectivity index (χ0) is 17.2. The van der Waals surface area contributed by atoms with E-state index in [-0.39, 0.29) is 5.91 Å². The highest BCUT2D eigenvalue weighted by Crippen LogP contribution is 2.46. The number of carbonyl (C=O) groups excluding carboxylic acids is 1. The Bertz CT molecular complexity index is 612. The van der Waals surface area contributed by atoms with Crippen molar-refractivity contribution in [3.63, 3.8) is 0 Å². The lowest BCUT2D eigenvalue weighted by molar-refractivity contribution is -0.137. The van der Waals surface area contributed by atoms with Gasteiger partial charge in [0.25, 0.3) is 0 Å². The van der Waals surface area contributed by atoms with Crippen LogP contribution in [-0.4, -0.2) is 30.4 Å². The molecule has 1 aliphatic carbocycles. The molecule has 0 atom stereocenters. The van der Waals surface area contributed by atoms with Gasteiger partial charge in [0.05, 0.1) is 11.1 Å². The minimum absolute atomic E-state index is 0.188. The molecule has 1 aromatic carbocycles. The molecule has 24 heavy (non-hydrogen) atoms. The molecule has 0 spiro atoms. The first kappa shape index (κ1) is 17.0. The normalized spacial score (nSPS) is 20.5. The Morgan fingerprint density at radius 3 is 2.33 bits per heavy atom. The molecule has 2 aliphatic rings. The number of nitrogens with one attached hydrogen (secondary N) is 1. The Kier molecular flexibility index (Phi) is 4.67. The number of rotatable bonds is 5. The van der Waals surface area contributed by atoms with Crippen molar-refractivity contribution in [3.05, 3.63) is 47.5 Å². The van der Waals surface area contributed by atoms with Gasteiger partial charge in [0, 0.05) is 12.6 Å². The number of amides is 1. The van der Waals surface area contributed by atoms with Crippen LogP contribution in [0, 0.1) is 0 Å². The second kappa shape index (κ2) is 6.59. The van der Waals surface area contributed by atoms with Crippen molar-refractivity contribution in [1.82, 2.24) is 10.2 Å². The average molecular weight is 338 g/mol. The molecule has 2 fully saturated rings. The van der Waals surface area contributed by atoms with Gasteiger partial charge in [-0.2, -0.15) is 13.2 Å². The van der Waals surface area contributed by atoms with E-state index < -0.39 is 17.3 Å². The SMILES string of the molecule is O=C(/C=C/CN1CCCC1)NC1(c2ccc(C(F)(F)F)cc2)CC1. The molecule has 6 heteroatoms. The molecule has 1 saturated heterocycles. The molecule has 1 aliphatic heterocycles. The van der Waals surface area contributed by atoms with Crippen LogP contribution in [0.15, 0.2) is 36.4 Å². The van der Waals surface area contributed by atoms with Crippen molar-refractivity contribution >= 4 is 5.91 Å². The predicted molar refractivity (Wildman–Crippen MR) is 85.3 cm³/mol. The van der Waals surface area contributed by atoms with Crippen LogP contribution < -0.4 is 5.32 Å². The fourth-order valence-electron chi connectivity index (χ4n) is 3.14. The third-order valence-corrected chi connectivity index (χ3v) is 4.71. The quantitative estimate of drug-likeness (QED) is 0.834. The summed E-state index contributed by atoms with van der Waals surface area (Å²) in [6.45, 7) is 2.91. The van der Waals surface area contributed by atoms with Gasteiger partial charge in [-0.15, -0.1) is 0 Å². The number of likely N-dealkylation sites (tertiary alicyclic amines) is 1. The molecular weight excluding hydrogens is 317 g/mol. The Morgan fingerprint density at radius 1 is 1.17 bits per heavy atom. The fraction of sp³-hybridized carbons (Fsp3) is 0.500. The molecule has 1 heterocycles. The molecular formula is C18H21F3N2O. The molecule has 3 rings (SSSR count). The zero-order valence-corrected chi connectivity index (χ0v) is 13.4. The van der Waals surface area contributed by atoms with Gasteiger partial charge in [-0.3, -0.25) is 9.69 Å². The van der Waals surface area contributed by atoms with Gasteiger partial charge in [0.1, 0.15) is 0 Å². The maximum Gasteiger partial charge on any atom is 0.416 e. The van der Waals surface area contributed by atoms with Crippen LogP contribution in [0.4, 0.5) is 13.2 Å². The van der Waals surface area contributed by atoms with E-state index in [1.807, 2.05) is 6.08 Å². The maximum atomic E-state index is 12.6. The Morgan fingerprint density at radius 2 is 1.79 bits per heavy atom. The van der Waals surface area contributed by atoms with Crippen molar-refractivity contribution in [2.75, 3.05) is 19.6 Å². The highest BCUT2D eigenvalue weighted by Gasteiger charge is 2.45. The van der Waals surface area contributed by atoms with Crippen molar-refractivity contribution in [3.8, 4) is 0 Å². The second-order valence-electron chi connectivity index (χ2n) is 6.56. The molecule has 0 bridgehead atoms. The number of hydrogen-bond acceptors (Lipinski definition) is 2. The van der Waals surface area contributed by atoms with Crippen molar-refractivity contribution in [2.24, 2.45) is 0 Å². The van der Waals surface area contributed by atoms with Crippen LogP contribution >= 0.6 is 0 Å². The van der Waals surface area contributed by atoms with Crippen LogP contribution in [0.2, 0.25) is 0 Å². The summed E-state index contributed by atoms with van der Waals surface area (Å²) in [7, 11) is 0. The van der Waals surface area contributed by atoms with Gasteiger partial charge in [-0.05, 0) is 56.5 Å². The molecule has 0 unspecified atom stereocenters. The van der Waals surface area contributed by atoms with Crippen LogP contribution in [0.5, 0.6) is 0 Å². The monoisotopic (exact) mass is 338 g/mol. The van der Waals surface area contributed by atoms with Crippen LogP contribution in [-0.2, 0) is 16.5 Å². The van der Waals surface area contributed by atoms with Gasteiger partial charge < -0.3 is 5.32 Å². The number of alkyl halides is 3. The van der Waals surface area contributed by atoms with Crippen molar-refractivity contribution in [2.45, 2.75) is 37.4 Å². The molecule has 1 N–H and O–H groups in total. The van der Waals surface area contributed by atoms with Crippen molar-refractivity contribution < 1.29 is 18.0 Å². The van der Waals surface area contributed by atoms with Gasteiger partial charge in [0.2, 0.25) is 5.91 Å². The van der Waals surface area contributed by atoms with Gasteiger partial charge in [0.15, 0.2) is 0 Å². The largest absolute Gasteiger partial charge is 0.416 e. The summed E-state index contributed by atoms with van der Waals surface area (Å²) >= 11 is 0. The van der Waals surface area contributed by atoms with E-state index in [0.717, 1.165) is 50.2 Å². The summed E-state index contributed by atoms with van der Waals surface area (Å²) in [6.07, 6.45) is 2.96. The molecule has 1 saturated carbocycles. The maximum absolute atomic E-state index is 12.6. The third kappa shape index (κ3) is 3.98. The van der Waals surface area contributed by atoms with E-state index in [2.05, 4.69) is 10.2 Å². The number of carbonyl (C=O) groups is 1. The molecule has 0 aromatic heterocycles. The smallest absolute Gasteiger partial charge is 0.343 e. The highest BCUT2D eigenvalue weighted by molar-refractivity contribution is 5.88. The van der Waals surface area contributed by atoms with Gasteiger partial charge >= 0.3 is 6.18 Å². The van der Waals surface area contributed by atoms with Crippen LogP contribution in [0.25, 0.3) is 0 Å². The van der Waals surface area contributed by atoms with E-state index in [0.29, 0.717) is 0 Å². The Labute approximate surface area is 139 Å². The predicted octanol–water partition coefficient (Wildman–Crippen LogP) is 3.46. The number of halogens is 3. The average Bonchev–Trinajstić information content (AvgIpc) is 3.12. The van der Waals surface area contributed by atoms with Crippen molar-refractivity contribution in [1.29, 1.82) is 0 Å². The topological polar surface area (TPSA) is 32.3 Å². The fourth-order valence-corrected chi connectivity index (χ4v) is 3.14. The van der Waals surface area contributed by atoms with E-state index in [1.54, 1.807) is 0 Å². The van der Waals surface area contributed by atoms with E-state index in [1.165, 1.54) is 31.1 Å². The minimum Gasteiger partial charge on any atom is -0.343 e. The molecule has 1 amide bonds. The van der Waals surface area contributed by atoms with Gasteiger partial charge in [-0.25, -0.2) is 0 Å². The Balaban J connectivity index is 1.57. The van der Waals surface area contributed by atoms with Crippen LogP contribution in [0.3, 0.4) is 0 Å². The Hall–Kier alpha value is -1.82. The molecule has 1 aromatic rings. The lowest BCUT2D eigenvalue weighted by atomic mass is 10.0. The first-order valence-electron chi connectivity index (χ1n) is 8.28. The first-order valence-corrected chi connectivity index (χ1v) is 8.28. The van der Waals surface area contributed by atoms with E-state index in [4.69, 9.17) is 0 Å². The number of hydrogen-bond donors (Lipinski definition) is 1. The lowest BCUT2D eigenvalue weighted by Crippen LogP contribution is -2.33. The summed E-state index contributed by atoms with van der Waals surface area (Å²) in [4.78, 5) is 14.4. The number of nitrogens with zero attached hydrogens (tertiary/aromatic N) is 1. The summed E-state index contributed by atoms with van der Waals surface area (Å²) in [6, 6.07) is 5.07. The first-order chi connectivity index (χ1) is 11.4. The summed E-state index contributed by atoms with van der Waals surface area (Å²) in [5.74, 6) is -0.188. The summed E-state index contributed by atoms with van der Waals surface area (Å²) in [5.41, 5.74) is -0.435. The second-order valence-corrected chi connectivity index (χ2v) is 6.56. The summed E-state index contributed by atoms with van der Waals surface area (Å²) < 4.78 is 37.9. The third-order valence-electron chi connectivity index (χ3n) is 4.71. The standard InChI is InChI=1S/C18H21F3N2O/c19-18(20,21)15-7-5-14(6-8-15)17(9-10-17)22-16(24)4-3-13-23-11-1-2-12-23/h3-8H,1-2,9-13H2,(H,22,24)/b4-3+. The molecule has 3 nitrogen and oxygen atoms in total. The summed E-state index contributed by atoms with van der Waals surface area (Å²) in [5, 5.41) is 2.94. The van der Waals surface area contributed by atoms with E-state index in [9.17, 15) is 18.0 Å². The van der Waals surface area contributed by atoms with Crippen LogP contribution in [0.1, 0.15) is 36.8 Å². The molecule has 0 radical (unpaired) electrons. The highest BCUT2D eigenvalue weighted by atomic mass is 19.4. The van der Waals surface area contributed by atoms with Gasteiger partial charge in [-0.1, -0.05) is 18.2 Å². The zero-order valence-electron chi connectivity index (χ0n) is 13.4.